The van der Waals surface area contributed by atoms with Crippen molar-refractivity contribution < 1.29 is 0 Å². The Morgan fingerprint density at radius 2 is 1.93 bits per heavy atom. The first-order valence-electron chi connectivity index (χ1n) is 5.49. The van der Waals surface area contributed by atoms with Gasteiger partial charge >= 0.3 is 0 Å². The van der Waals surface area contributed by atoms with Crippen molar-refractivity contribution in [1.82, 2.24) is 5.32 Å². The van der Waals surface area contributed by atoms with Gasteiger partial charge < -0.3 is 10.2 Å². The molecule has 1 aliphatic heterocycles. The van der Waals surface area contributed by atoms with E-state index in [0.717, 1.165) is 31.8 Å². The number of anilines is 1. The molecule has 2 nitrogen and oxygen atoms in total. The summed E-state index contributed by atoms with van der Waals surface area (Å²) in [6, 6.07) is 8.52. The Kier molecular flexibility index (Phi) is 3.07. The van der Waals surface area contributed by atoms with Gasteiger partial charge in [0, 0.05) is 37.4 Å². The number of rotatable bonds is 2. The molecule has 0 unspecified atom stereocenters. The van der Waals surface area contributed by atoms with Crippen molar-refractivity contribution in [3.05, 3.63) is 36.4 Å². The van der Waals surface area contributed by atoms with Crippen LogP contribution in [-0.2, 0) is 0 Å². The molecule has 0 saturated carbocycles. The molecule has 0 bridgehead atoms. The number of hydrogen-bond donors (Lipinski definition) is 1. The predicted molar refractivity (Wildman–Crippen MR) is 66.2 cm³/mol. The van der Waals surface area contributed by atoms with E-state index in [1.807, 2.05) is 0 Å². The number of hydrogen-bond acceptors (Lipinski definition) is 2. The molecule has 2 rings (SSSR count). The van der Waals surface area contributed by atoms with E-state index in [0.29, 0.717) is 0 Å². The number of para-hydroxylation sites is 1. The molecule has 2 heteroatoms. The molecule has 0 aromatic heterocycles. The molecule has 0 amide bonds. The summed E-state index contributed by atoms with van der Waals surface area (Å²) in [6.07, 6.45) is 0. The summed E-state index contributed by atoms with van der Waals surface area (Å²) in [5, 5.41) is 3.37. The second-order valence-electron chi connectivity index (χ2n) is 4.03. The topological polar surface area (TPSA) is 15.3 Å². The molecular formula is C13H18N2. The van der Waals surface area contributed by atoms with Crippen molar-refractivity contribution in [2.45, 2.75) is 6.92 Å². The van der Waals surface area contributed by atoms with Crippen LogP contribution in [0, 0.1) is 0 Å². The lowest BCUT2D eigenvalue weighted by Gasteiger charge is -2.31. The molecule has 0 spiro atoms. The summed E-state index contributed by atoms with van der Waals surface area (Å²) in [7, 11) is 0. The average molecular weight is 202 g/mol. The van der Waals surface area contributed by atoms with Gasteiger partial charge in [-0.05, 0) is 18.6 Å². The van der Waals surface area contributed by atoms with Crippen LogP contribution in [0.5, 0.6) is 0 Å². The Morgan fingerprint density at radius 1 is 1.27 bits per heavy atom. The van der Waals surface area contributed by atoms with Gasteiger partial charge in [0.1, 0.15) is 0 Å². The minimum Gasteiger partial charge on any atom is -0.368 e. The summed E-state index contributed by atoms with van der Waals surface area (Å²) in [5.74, 6) is 0. The summed E-state index contributed by atoms with van der Waals surface area (Å²) in [6.45, 7) is 10.4. The highest BCUT2D eigenvalue weighted by molar-refractivity contribution is 5.74. The summed E-state index contributed by atoms with van der Waals surface area (Å²) in [4.78, 5) is 2.43. The fourth-order valence-electron chi connectivity index (χ4n) is 2.02. The molecule has 0 radical (unpaired) electrons. The molecule has 0 aliphatic carbocycles. The maximum Gasteiger partial charge on any atom is 0.0443 e. The molecule has 1 aromatic carbocycles. The second kappa shape index (κ2) is 4.49. The molecule has 0 atom stereocenters. The van der Waals surface area contributed by atoms with Crippen molar-refractivity contribution in [3.63, 3.8) is 0 Å². The first kappa shape index (κ1) is 10.2. The normalized spacial score (nSPS) is 16.5. The smallest absolute Gasteiger partial charge is 0.0443 e. The Labute approximate surface area is 91.6 Å². The Bertz CT molecular complexity index is 351. The Balaban J connectivity index is 2.29. The minimum absolute atomic E-state index is 1.07. The van der Waals surface area contributed by atoms with E-state index in [4.69, 9.17) is 0 Å². The van der Waals surface area contributed by atoms with Gasteiger partial charge in [0.15, 0.2) is 0 Å². The van der Waals surface area contributed by atoms with E-state index in [9.17, 15) is 0 Å². The lowest BCUT2D eigenvalue weighted by molar-refractivity contribution is 0.589. The molecule has 1 N–H and O–H groups in total. The van der Waals surface area contributed by atoms with Gasteiger partial charge in [0.05, 0.1) is 0 Å². The molecular weight excluding hydrogens is 184 g/mol. The minimum atomic E-state index is 1.07. The third-order valence-electron chi connectivity index (χ3n) is 2.82. The third-order valence-corrected chi connectivity index (χ3v) is 2.82. The zero-order valence-electron chi connectivity index (χ0n) is 9.29. The molecule has 1 aromatic rings. The first-order chi connectivity index (χ1) is 7.29. The lowest BCUT2D eigenvalue weighted by atomic mass is 10.1. The van der Waals surface area contributed by atoms with Crippen LogP contribution in [0.1, 0.15) is 12.5 Å². The molecule has 1 saturated heterocycles. The van der Waals surface area contributed by atoms with Gasteiger partial charge in [-0.2, -0.15) is 0 Å². The largest absolute Gasteiger partial charge is 0.368 e. The van der Waals surface area contributed by atoms with Gasteiger partial charge in [-0.1, -0.05) is 24.8 Å². The van der Waals surface area contributed by atoms with Crippen LogP contribution in [-0.4, -0.2) is 26.2 Å². The van der Waals surface area contributed by atoms with Crippen LogP contribution in [0.15, 0.2) is 30.8 Å². The quantitative estimate of drug-likeness (QED) is 0.790. The van der Waals surface area contributed by atoms with E-state index in [1.54, 1.807) is 0 Å². The number of nitrogens with one attached hydrogen (secondary N) is 1. The number of piperazine rings is 1. The summed E-state index contributed by atoms with van der Waals surface area (Å²) in [5.41, 5.74) is 3.75. The van der Waals surface area contributed by atoms with Crippen LogP contribution in [0.4, 0.5) is 5.69 Å². The summed E-state index contributed by atoms with van der Waals surface area (Å²) >= 11 is 0. The predicted octanol–water partition coefficient (Wildman–Crippen LogP) is 2.13. The SMILES string of the molecule is C=C(C)c1ccccc1N1CCNCC1. The number of nitrogens with zero attached hydrogens (tertiary/aromatic N) is 1. The van der Waals surface area contributed by atoms with E-state index in [-0.39, 0.29) is 0 Å². The van der Waals surface area contributed by atoms with E-state index >= 15 is 0 Å². The zero-order valence-corrected chi connectivity index (χ0v) is 9.29. The molecule has 15 heavy (non-hydrogen) atoms. The van der Waals surface area contributed by atoms with E-state index < -0.39 is 0 Å². The van der Waals surface area contributed by atoms with Crippen molar-refractivity contribution in [3.8, 4) is 0 Å². The highest BCUT2D eigenvalue weighted by Gasteiger charge is 2.13. The maximum atomic E-state index is 4.04. The molecule has 80 valence electrons. The Hall–Kier alpha value is -1.28. The third kappa shape index (κ3) is 2.21. The van der Waals surface area contributed by atoms with E-state index in [1.165, 1.54) is 11.3 Å². The fourth-order valence-corrected chi connectivity index (χ4v) is 2.02. The van der Waals surface area contributed by atoms with Crippen LogP contribution in [0.25, 0.3) is 5.57 Å². The van der Waals surface area contributed by atoms with Crippen molar-refractivity contribution >= 4 is 11.3 Å². The van der Waals surface area contributed by atoms with Crippen molar-refractivity contribution in [1.29, 1.82) is 0 Å². The van der Waals surface area contributed by atoms with Crippen LogP contribution >= 0.6 is 0 Å². The highest BCUT2D eigenvalue weighted by atomic mass is 15.2. The lowest BCUT2D eigenvalue weighted by Crippen LogP contribution is -2.43. The van der Waals surface area contributed by atoms with Gasteiger partial charge in [-0.15, -0.1) is 0 Å². The van der Waals surface area contributed by atoms with Gasteiger partial charge in [0.25, 0.3) is 0 Å². The van der Waals surface area contributed by atoms with Crippen LogP contribution in [0.3, 0.4) is 0 Å². The fraction of sp³-hybridized carbons (Fsp3) is 0.385. The van der Waals surface area contributed by atoms with Gasteiger partial charge in [-0.25, -0.2) is 0 Å². The second-order valence-corrected chi connectivity index (χ2v) is 4.03. The average Bonchev–Trinajstić information content (AvgIpc) is 2.30. The van der Waals surface area contributed by atoms with Crippen molar-refractivity contribution in [2.75, 3.05) is 31.1 Å². The molecule has 1 fully saturated rings. The van der Waals surface area contributed by atoms with E-state index in [2.05, 4.69) is 48.0 Å². The molecule has 1 heterocycles. The van der Waals surface area contributed by atoms with Crippen LogP contribution in [0.2, 0.25) is 0 Å². The highest BCUT2D eigenvalue weighted by Crippen LogP contribution is 2.25. The van der Waals surface area contributed by atoms with Gasteiger partial charge in [-0.3, -0.25) is 0 Å². The van der Waals surface area contributed by atoms with Gasteiger partial charge in [0.2, 0.25) is 0 Å². The molecule has 1 aliphatic rings. The monoisotopic (exact) mass is 202 g/mol. The maximum absolute atomic E-state index is 4.04. The van der Waals surface area contributed by atoms with Crippen molar-refractivity contribution in [2.24, 2.45) is 0 Å². The Morgan fingerprint density at radius 3 is 2.60 bits per heavy atom. The summed E-state index contributed by atoms with van der Waals surface area (Å²) < 4.78 is 0. The number of benzene rings is 1. The zero-order chi connectivity index (χ0) is 10.7. The first-order valence-corrected chi connectivity index (χ1v) is 5.49. The number of allylic oxidation sites excluding steroid dienone is 1. The van der Waals surface area contributed by atoms with Crippen LogP contribution < -0.4 is 10.2 Å². The standard InChI is InChI=1S/C13H18N2/c1-11(2)12-5-3-4-6-13(12)15-9-7-14-8-10-15/h3-6,14H,1,7-10H2,2H3.